The van der Waals surface area contributed by atoms with Crippen LogP contribution in [0.15, 0.2) is 24.3 Å². The van der Waals surface area contributed by atoms with Gasteiger partial charge in [0.2, 0.25) is 0 Å². The first-order chi connectivity index (χ1) is 10.4. The Bertz CT molecular complexity index is 409. The first-order valence-corrected chi connectivity index (χ1v) is 7.57. The lowest BCUT2D eigenvalue weighted by atomic mass is 10.2. The third kappa shape index (κ3) is 5.19. The molecule has 5 heteroatoms. The van der Waals surface area contributed by atoms with Gasteiger partial charge in [-0.3, -0.25) is 0 Å². The summed E-state index contributed by atoms with van der Waals surface area (Å²) in [6, 6.07) is 7.63. The van der Waals surface area contributed by atoms with Gasteiger partial charge in [0.1, 0.15) is 30.8 Å². The molecule has 0 saturated carbocycles. The van der Waals surface area contributed by atoms with Crippen molar-refractivity contribution in [2.24, 2.45) is 0 Å². The van der Waals surface area contributed by atoms with Gasteiger partial charge in [-0.1, -0.05) is 0 Å². The Kier molecular flexibility index (Phi) is 5.32. The van der Waals surface area contributed by atoms with Crippen molar-refractivity contribution in [3.8, 4) is 11.5 Å². The molecule has 0 N–H and O–H groups in total. The molecule has 21 heavy (non-hydrogen) atoms. The van der Waals surface area contributed by atoms with Crippen molar-refractivity contribution in [2.75, 3.05) is 39.6 Å². The SMILES string of the molecule is c1cc(OCC2CO2)ccc1OCCOCC1CCCO1. The quantitative estimate of drug-likeness (QED) is 0.515. The van der Waals surface area contributed by atoms with E-state index < -0.39 is 0 Å². The molecule has 2 saturated heterocycles. The number of benzene rings is 1. The fourth-order valence-electron chi connectivity index (χ4n) is 2.19. The third-order valence-electron chi connectivity index (χ3n) is 3.49. The molecule has 2 atom stereocenters. The summed E-state index contributed by atoms with van der Waals surface area (Å²) in [6.45, 7) is 4.09. The molecule has 0 aliphatic carbocycles. The second kappa shape index (κ2) is 7.64. The Morgan fingerprint density at radius 2 is 1.67 bits per heavy atom. The van der Waals surface area contributed by atoms with Crippen molar-refractivity contribution in [3.63, 3.8) is 0 Å². The van der Waals surface area contributed by atoms with Crippen LogP contribution in [0.3, 0.4) is 0 Å². The maximum atomic E-state index is 5.62. The smallest absolute Gasteiger partial charge is 0.119 e. The highest BCUT2D eigenvalue weighted by Crippen LogP contribution is 2.19. The zero-order valence-corrected chi connectivity index (χ0v) is 12.2. The molecule has 2 aliphatic heterocycles. The van der Waals surface area contributed by atoms with Gasteiger partial charge in [0.25, 0.3) is 0 Å². The summed E-state index contributed by atoms with van der Waals surface area (Å²) in [4.78, 5) is 0. The molecule has 5 nitrogen and oxygen atoms in total. The van der Waals surface area contributed by atoms with Gasteiger partial charge in [-0.05, 0) is 37.1 Å². The summed E-state index contributed by atoms with van der Waals surface area (Å²) in [7, 11) is 0. The van der Waals surface area contributed by atoms with Crippen molar-refractivity contribution in [2.45, 2.75) is 25.0 Å². The summed E-state index contributed by atoms with van der Waals surface area (Å²) in [5, 5.41) is 0. The summed E-state index contributed by atoms with van der Waals surface area (Å²) < 4.78 is 27.3. The Morgan fingerprint density at radius 3 is 2.33 bits per heavy atom. The molecule has 0 bridgehead atoms. The lowest BCUT2D eigenvalue weighted by Gasteiger charge is -2.11. The van der Waals surface area contributed by atoms with Crippen LogP contribution in [0.5, 0.6) is 11.5 Å². The van der Waals surface area contributed by atoms with E-state index in [0.29, 0.717) is 26.4 Å². The van der Waals surface area contributed by atoms with E-state index in [0.717, 1.165) is 37.6 Å². The van der Waals surface area contributed by atoms with Crippen molar-refractivity contribution < 1.29 is 23.7 Å². The van der Waals surface area contributed by atoms with Crippen LogP contribution < -0.4 is 9.47 Å². The van der Waals surface area contributed by atoms with Crippen LogP contribution in [0, 0.1) is 0 Å². The van der Waals surface area contributed by atoms with E-state index in [4.69, 9.17) is 23.7 Å². The Hall–Kier alpha value is -1.30. The number of hydrogen-bond donors (Lipinski definition) is 0. The topological polar surface area (TPSA) is 49.5 Å². The van der Waals surface area contributed by atoms with Gasteiger partial charge in [0, 0.05) is 6.61 Å². The van der Waals surface area contributed by atoms with E-state index in [-0.39, 0.29) is 12.2 Å². The molecule has 1 aromatic rings. The fourth-order valence-corrected chi connectivity index (χ4v) is 2.19. The van der Waals surface area contributed by atoms with Gasteiger partial charge >= 0.3 is 0 Å². The molecule has 2 unspecified atom stereocenters. The Balaban J connectivity index is 1.27. The average Bonchev–Trinajstić information content (AvgIpc) is 3.20. The molecular weight excluding hydrogens is 272 g/mol. The zero-order valence-electron chi connectivity index (χ0n) is 12.2. The normalized spacial score (nSPS) is 24.0. The van der Waals surface area contributed by atoms with E-state index in [1.54, 1.807) is 0 Å². The molecule has 0 aromatic heterocycles. The highest BCUT2D eigenvalue weighted by molar-refractivity contribution is 5.31. The van der Waals surface area contributed by atoms with Crippen molar-refractivity contribution in [1.29, 1.82) is 0 Å². The maximum absolute atomic E-state index is 5.62. The molecule has 0 amide bonds. The van der Waals surface area contributed by atoms with Crippen LogP contribution in [0.25, 0.3) is 0 Å². The summed E-state index contributed by atoms with van der Waals surface area (Å²) in [6.07, 6.45) is 2.80. The van der Waals surface area contributed by atoms with Gasteiger partial charge in [-0.25, -0.2) is 0 Å². The minimum atomic E-state index is 0.275. The lowest BCUT2D eigenvalue weighted by molar-refractivity contribution is 0.00853. The van der Waals surface area contributed by atoms with Gasteiger partial charge < -0.3 is 23.7 Å². The summed E-state index contributed by atoms with van der Waals surface area (Å²) in [5.74, 6) is 1.67. The van der Waals surface area contributed by atoms with Crippen molar-refractivity contribution in [3.05, 3.63) is 24.3 Å². The molecule has 2 fully saturated rings. The average molecular weight is 294 g/mol. The molecule has 116 valence electrons. The maximum Gasteiger partial charge on any atom is 0.119 e. The predicted octanol–water partition coefficient (Wildman–Crippen LogP) is 2.04. The Labute approximate surface area is 125 Å². The minimum Gasteiger partial charge on any atom is -0.491 e. The molecule has 2 heterocycles. The van der Waals surface area contributed by atoms with Crippen molar-refractivity contribution >= 4 is 0 Å². The lowest BCUT2D eigenvalue weighted by Crippen LogP contribution is -2.17. The molecule has 1 aromatic carbocycles. The second-order valence-electron chi connectivity index (χ2n) is 5.30. The van der Waals surface area contributed by atoms with E-state index in [1.807, 2.05) is 24.3 Å². The van der Waals surface area contributed by atoms with Crippen LogP contribution in [0.4, 0.5) is 0 Å². The van der Waals surface area contributed by atoms with Crippen molar-refractivity contribution in [1.82, 2.24) is 0 Å². The van der Waals surface area contributed by atoms with Crippen LogP contribution in [0.1, 0.15) is 12.8 Å². The highest BCUT2D eigenvalue weighted by atomic mass is 16.6. The predicted molar refractivity (Wildman–Crippen MR) is 77.0 cm³/mol. The Morgan fingerprint density at radius 1 is 0.905 bits per heavy atom. The molecule has 2 aliphatic rings. The van der Waals surface area contributed by atoms with E-state index >= 15 is 0 Å². The number of rotatable bonds is 9. The highest BCUT2D eigenvalue weighted by Gasteiger charge is 2.22. The van der Waals surface area contributed by atoms with Crippen LogP contribution in [-0.4, -0.2) is 51.8 Å². The van der Waals surface area contributed by atoms with E-state index in [1.165, 1.54) is 0 Å². The molecule has 0 spiro atoms. The summed E-state index contributed by atoms with van der Waals surface area (Å²) >= 11 is 0. The van der Waals surface area contributed by atoms with Gasteiger partial charge in [0.05, 0.1) is 25.9 Å². The number of ether oxygens (including phenoxy) is 5. The second-order valence-corrected chi connectivity index (χ2v) is 5.30. The van der Waals surface area contributed by atoms with Crippen LogP contribution >= 0.6 is 0 Å². The standard InChI is InChI=1S/C16H22O5/c1-2-15(18-7-1)10-17-8-9-19-13-3-5-14(6-4-13)20-11-16-12-21-16/h3-6,15-16H,1-2,7-12H2. The fraction of sp³-hybridized carbons (Fsp3) is 0.625. The van der Waals surface area contributed by atoms with Gasteiger partial charge in [0.15, 0.2) is 0 Å². The first-order valence-electron chi connectivity index (χ1n) is 7.57. The third-order valence-corrected chi connectivity index (χ3v) is 3.49. The van der Waals surface area contributed by atoms with Gasteiger partial charge in [-0.15, -0.1) is 0 Å². The molecule has 0 radical (unpaired) electrons. The summed E-state index contributed by atoms with van der Waals surface area (Å²) in [5.41, 5.74) is 0. The first kappa shape index (κ1) is 14.6. The number of epoxide rings is 1. The van der Waals surface area contributed by atoms with Crippen LogP contribution in [0.2, 0.25) is 0 Å². The largest absolute Gasteiger partial charge is 0.491 e. The van der Waals surface area contributed by atoms with E-state index in [2.05, 4.69) is 0 Å². The molecule has 3 rings (SSSR count). The van der Waals surface area contributed by atoms with E-state index in [9.17, 15) is 0 Å². The zero-order chi connectivity index (χ0) is 14.3. The minimum absolute atomic E-state index is 0.275. The van der Waals surface area contributed by atoms with Gasteiger partial charge in [-0.2, -0.15) is 0 Å². The molecular formula is C16H22O5. The number of hydrogen-bond acceptors (Lipinski definition) is 5. The monoisotopic (exact) mass is 294 g/mol. The van der Waals surface area contributed by atoms with Crippen LogP contribution in [-0.2, 0) is 14.2 Å².